The minimum absolute atomic E-state index is 0.847. The van der Waals surface area contributed by atoms with Gasteiger partial charge in [0.1, 0.15) is 0 Å². The highest BCUT2D eigenvalue weighted by atomic mass is 16.2. The number of nitrogens with one attached hydrogen (secondary N) is 1. The van der Waals surface area contributed by atoms with Crippen LogP contribution < -0.4 is 5.32 Å². The molecule has 0 saturated carbocycles. The van der Waals surface area contributed by atoms with E-state index in [-0.39, 0.29) is 0 Å². The second-order valence-electron chi connectivity index (χ2n) is 5.34. The lowest BCUT2D eigenvalue weighted by atomic mass is 9.80. The quantitative estimate of drug-likeness (QED) is 0.564. The van der Waals surface area contributed by atoms with E-state index in [9.17, 15) is 0 Å². The Balaban J connectivity index is -0.000000461. The Morgan fingerprint density at radius 2 is 1.19 bits per heavy atom. The minimum atomic E-state index is 0.847. The van der Waals surface area contributed by atoms with E-state index in [1.165, 1.54) is 51.5 Å². The van der Waals surface area contributed by atoms with Crippen LogP contribution in [0.4, 0.5) is 0 Å². The van der Waals surface area contributed by atoms with E-state index in [1.54, 1.807) is 0 Å². The van der Waals surface area contributed by atoms with Gasteiger partial charge in [-0.2, -0.15) is 0 Å². The summed E-state index contributed by atoms with van der Waals surface area (Å²) in [5, 5.41) is 10.3. The van der Waals surface area contributed by atoms with Gasteiger partial charge in [-0.1, -0.05) is 66.2 Å². The zero-order valence-corrected chi connectivity index (χ0v) is 15.5. The van der Waals surface area contributed by atoms with Gasteiger partial charge < -0.3 is 10.4 Å². The lowest BCUT2D eigenvalue weighted by molar-refractivity contribution is 0.256. The SMILES string of the molecule is C#CCC.CCCC(CCC)C(CCC)CCNC.CO. The largest absolute Gasteiger partial charge is 0.400 e. The Hall–Kier alpha value is -0.520. The van der Waals surface area contributed by atoms with Crippen molar-refractivity contribution >= 4 is 0 Å². The number of hydrogen-bond donors (Lipinski definition) is 2. The first-order chi connectivity index (χ1) is 10.2. The summed E-state index contributed by atoms with van der Waals surface area (Å²) < 4.78 is 0. The first kappa shape index (κ1) is 25.4. The Morgan fingerprint density at radius 3 is 1.43 bits per heavy atom. The van der Waals surface area contributed by atoms with Crippen molar-refractivity contribution in [1.29, 1.82) is 0 Å². The maximum atomic E-state index is 7.00. The highest BCUT2D eigenvalue weighted by molar-refractivity contribution is 4.80. The Kier molecular flexibility index (Phi) is 29.7. The molecular formula is C19H41NO. The molecule has 0 aromatic heterocycles. The van der Waals surface area contributed by atoms with Gasteiger partial charge in [0.25, 0.3) is 0 Å². The predicted molar refractivity (Wildman–Crippen MR) is 97.5 cm³/mol. The molecule has 0 rings (SSSR count). The topological polar surface area (TPSA) is 32.3 Å². The number of aliphatic hydroxyl groups excluding tert-OH is 1. The molecule has 0 fully saturated rings. The summed E-state index contributed by atoms with van der Waals surface area (Å²) in [6.45, 7) is 10.1. The summed E-state index contributed by atoms with van der Waals surface area (Å²) in [7, 11) is 3.07. The van der Waals surface area contributed by atoms with Crippen LogP contribution in [0.1, 0.15) is 79.1 Å². The molecule has 1 unspecified atom stereocenters. The second-order valence-corrected chi connectivity index (χ2v) is 5.34. The van der Waals surface area contributed by atoms with Crippen LogP contribution >= 0.6 is 0 Å². The van der Waals surface area contributed by atoms with Crippen molar-refractivity contribution in [3.05, 3.63) is 0 Å². The summed E-state index contributed by atoms with van der Waals surface area (Å²) in [6, 6.07) is 0. The van der Waals surface area contributed by atoms with Crippen molar-refractivity contribution in [2.24, 2.45) is 11.8 Å². The number of terminal acetylenes is 1. The third-order valence-corrected chi connectivity index (χ3v) is 3.61. The Morgan fingerprint density at radius 1 is 0.857 bits per heavy atom. The molecule has 2 N–H and O–H groups in total. The maximum absolute atomic E-state index is 7.00. The third-order valence-electron chi connectivity index (χ3n) is 3.61. The van der Waals surface area contributed by atoms with E-state index in [0.717, 1.165) is 25.4 Å². The molecule has 1 atom stereocenters. The summed E-state index contributed by atoms with van der Waals surface area (Å²) in [4.78, 5) is 0. The standard InChI is InChI=1S/C14H31N.C4H6.CH4O/c1-5-8-13(9-6-2)14(10-7-3)11-12-15-4;1-3-4-2;1-2/h13-15H,5-12H2,1-4H3;1H,4H2,2H3;2H,1H3. The Labute approximate surface area is 135 Å². The number of aliphatic hydroxyl groups is 1. The molecule has 0 aliphatic rings. The smallest absolute Gasteiger partial charge is 0.0319 e. The van der Waals surface area contributed by atoms with Crippen LogP contribution in [-0.2, 0) is 0 Å². The van der Waals surface area contributed by atoms with E-state index >= 15 is 0 Å². The zero-order chi connectivity index (χ0) is 16.9. The van der Waals surface area contributed by atoms with Gasteiger partial charge in [0.2, 0.25) is 0 Å². The molecule has 0 saturated heterocycles. The molecule has 0 aliphatic carbocycles. The van der Waals surface area contributed by atoms with Gasteiger partial charge in [0.15, 0.2) is 0 Å². The summed E-state index contributed by atoms with van der Waals surface area (Å²) in [5.41, 5.74) is 0. The van der Waals surface area contributed by atoms with Gasteiger partial charge in [-0.3, -0.25) is 0 Å². The van der Waals surface area contributed by atoms with Crippen LogP contribution in [0, 0.1) is 24.2 Å². The van der Waals surface area contributed by atoms with Crippen LogP contribution in [0.5, 0.6) is 0 Å². The molecule has 0 spiro atoms. The summed E-state index contributed by atoms with van der Waals surface area (Å²) in [6.07, 6.45) is 15.3. The second kappa shape index (κ2) is 24.5. The van der Waals surface area contributed by atoms with Crippen molar-refractivity contribution < 1.29 is 5.11 Å². The van der Waals surface area contributed by atoms with E-state index in [2.05, 4.69) is 39.1 Å². The van der Waals surface area contributed by atoms with Crippen LogP contribution in [-0.4, -0.2) is 25.8 Å². The summed E-state index contributed by atoms with van der Waals surface area (Å²) >= 11 is 0. The molecule has 128 valence electrons. The molecule has 21 heavy (non-hydrogen) atoms. The fraction of sp³-hybridized carbons (Fsp3) is 0.895. The van der Waals surface area contributed by atoms with Gasteiger partial charge in [0.05, 0.1) is 0 Å². The van der Waals surface area contributed by atoms with Crippen molar-refractivity contribution in [2.45, 2.75) is 79.1 Å². The highest BCUT2D eigenvalue weighted by Crippen LogP contribution is 2.29. The molecule has 2 nitrogen and oxygen atoms in total. The fourth-order valence-electron chi connectivity index (χ4n) is 2.67. The zero-order valence-electron chi connectivity index (χ0n) is 15.5. The lowest BCUT2D eigenvalue weighted by Gasteiger charge is -2.26. The highest BCUT2D eigenvalue weighted by Gasteiger charge is 2.18. The lowest BCUT2D eigenvalue weighted by Crippen LogP contribution is -2.20. The van der Waals surface area contributed by atoms with Crippen LogP contribution in [0.3, 0.4) is 0 Å². The van der Waals surface area contributed by atoms with Gasteiger partial charge in [-0.05, 0) is 31.8 Å². The molecule has 0 radical (unpaired) electrons. The van der Waals surface area contributed by atoms with Gasteiger partial charge in [0, 0.05) is 13.5 Å². The van der Waals surface area contributed by atoms with Crippen molar-refractivity contribution in [3.8, 4) is 12.3 Å². The average molecular weight is 300 g/mol. The predicted octanol–water partition coefficient (Wildman–Crippen LogP) is 4.87. The van der Waals surface area contributed by atoms with Crippen LogP contribution in [0.2, 0.25) is 0 Å². The molecule has 0 heterocycles. The maximum Gasteiger partial charge on any atom is 0.0319 e. The minimum Gasteiger partial charge on any atom is -0.400 e. The van der Waals surface area contributed by atoms with Crippen LogP contribution in [0.15, 0.2) is 0 Å². The molecule has 0 amide bonds. The number of hydrogen-bond acceptors (Lipinski definition) is 2. The molecule has 0 aromatic rings. The van der Waals surface area contributed by atoms with E-state index in [4.69, 9.17) is 11.5 Å². The monoisotopic (exact) mass is 299 g/mol. The normalized spacial score (nSPS) is 10.8. The van der Waals surface area contributed by atoms with Crippen molar-refractivity contribution in [1.82, 2.24) is 5.32 Å². The van der Waals surface area contributed by atoms with E-state index in [0.29, 0.717) is 0 Å². The fourth-order valence-corrected chi connectivity index (χ4v) is 2.67. The molecule has 2 heteroatoms. The van der Waals surface area contributed by atoms with Gasteiger partial charge >= 0.3 is 0 Å². The molecule has 0 bridgehead atoms. The first-order valence-electron chi connectivity index (χ1n) is 8.74. The average Bonchev–Trinajstić information content (AvgIpc) is 2.53. The van der Waals surface area contributed by atoms with Gasteiger partial charge in [-0.15, -0.1) is 12.3 Å². The molecule has 0 aliphatic heterocycles. The third kappa shape index (κ3) is 19.5. The van der Waals surface area contributed by atoms with Crippen molar-refractivity contribution in [2.75, 3.05) is 20.7 Å². The summed E-state index contributed by atoms with van der Waals surface area (Å²) in [5.74, 6) is 4.37. The van der Waals surface area contributed by atoms with E-state index in [1.807, 2.05) is 6.92 Å². The number of rotatable bonds is 10. The molecule has 0 aromatic carbocycles. The van der Waals surface area contributed by atoms with Gasteiger partial charge in [-0.25, -0.2) is 0 Å². The van der Waals surface area contributed by atoms with Crippen molar-refractivity contribution in [3.63, 3.8) is 0 Å². The Bertz CT molecular complexity index is 192. The molecular weight excluding hydrogens is 258 g/mol. The first-order valence-corrected chi connectivity index (χ1v) is 8.74. The van der Waals surface area contributed by atoms with E-state index < -0.39 is 0 Å². The van der Waals surface area contributed by atoms with Crippen LogP contribution in [0.25, 0.3) is 0 Å².